The lowest BCUT2D eigenvalue weighted by Gasteiger charge is -2.15. The molecule has 1 aromatic heterocycles. The maximum absolute atomic E-state index is 11.4. The van der Waals surface area contributed by atoms with E-state index in [-0.39, 0.29) is 12.2 Å². The minimum Gasteiger partial charge on any atom is -0.480 e. The summed E-state index contributed by atoms with van der Waals surface area (Å²) in [5, 5.41) is 21.1. The second-order valence-electron chi connectivity index (χ2n) is 4.71. The Hall–Kier alpha value is -2.19. The number of unbranched alkanes of at least 4 members (excludes halogenated alkanes) is 1. The molecule has 8 nitrogen and oxygen atoms in total. The third kappa shape index (κ3) is 5.66. The quantitative estimate of drug-likeness (QED) is 0.515. The molecule has 0 radical (unpaired) electrons. The van der Waals surface area contributed by atoms with Crippen molar-refractivity contribution in [3.05, 3.63) is 29.6 Å². The molecule has 2 atom stereocenters. The zero-order chi connectivity index (χ0) is 16.5. The number of nitrogens with two attached hydrogens (primary N) is 1. The molecule has 0 aliphatic heterocycles. The lowest BCUT2D eigenvalue weighted by Crippen LogP contribution is -2.37. The summed E-state index contributed by atoms with van der Waals surface area (Å²) in [7, 11) is 0. The number of carboxylic acids is 1. The summed E-state index contributed by atoms with van der Waals surface area (Å²) in [6, 6.07) is 3.24. The number of alkyl carbamates (subject to hydrolysis) is 1. The molecular weight excluding hydrogens is 290 g/mol. The number of aliphatic hydroxyl groups excluding tert-OH is 1. The van der Waals surface area contributed by atoms with E-state index < -0.39 is 24.2 Å². The van der Waals surface area contributed by atoms with Crippen LogP contribution in [0.2, 0.25) is 0 Å². The highest BCUT2D eigenvalue weighted by atomic mass is 16.5. The van der Waals surface area contributed by atoms with Gasteiger partial charge in [0.15, 0.2) is 0 Å². The van der Waals surface area contributed by atoms with Crippen molar-refractivity contribution in [1.82, 2.24) is 10.3 Å². The van der Waals surface area contributed by atoms with Gasteiger partial charge in [0.1, 0.15) is 12.1 Å². The van der Waals surface area contributed by atoms with Gasteiger partial charge >= 0.3 is 12.1 Å². The van der Waals surface area contributed by atoms with Crippen molar-refractivity contribution in [3.8, 4) is 0 Å². The summed E-state index contributed by atoms with van der Waals surface area (Å²) >= 11 is 0. The molecule has 0 fully saturated rings. The predicted octanol–water partition coefficient (Wildman–Crippen LogP) is 0.553. The number of hydrogen-bond donors (Lipinski definition) is 4. The number of nitrogens with one attached hydrogen (secondary N) is 1. The molecule has 22 heavy (non-hydrogen) atoms. The minimum atomic E-state index is -1.46. The van der Waals surface area contributed by atoms with Crippen LogP contribution in [-0.4, -0.2) is 39.9 Å². The highest BCUT2D eigenvalue weighted by Gasteiger charge is 2.24. The van der Waals surface area contributed by atoms with Crippen molar-refractivity contribution >= 4 is 12.1 Å². The Morgan fingerprint density at radius 2 is 2.18 bits per heavy atom. The number of hydrogen-bond acceptors (Lipinski definition) is 6. The van der Waals surface area contributed by atoms with Crippen molar-refractivity contribution in [2.24, 2.45) is 5.73 Å². The molecule has 0 bridgehead atoms. The van der Waals surface area contributed by atoms with Gasteiger partial charge in [-0.15, -0.1) is 0 Å². The summed E-state index contributed by atoms with van der Waals surface area (Å²) in [6.07, 6.45) is -0.253. The number of pyridine rings is 1. The average molecular weight is 311 g/mol. The van der Waals surface area contributed by atoms with Crippen LogP contribution in [0.25, 0.3) is 0 Å². The highest BCUT2D eigenvalue weighted by molar-refractivity contribution is 5.74. The lowest BCUT2D eigenvalue weighted by molar-refractivity contribution is -0.141. The zero-order valence-corrected chi connectivity index (χ0v) is 12.4. The normalized spacial score (nSPS) is 13.2. The molecular formula is C14H21N3O5. The molecule has 1 rings (SSSR count). The van der Waals surface area contributed by atoms with Crippen molar-refractivity contribution in [3.63, 3.8) is 0 Å². The van der Waals surface area contributed by atoms with E-state index >= 15 is 0 Å². The highest BCUT2D eigenvalue weighted by Crippen LogP contribution is 2.14. The minimum absolute atomic E-state index is 0.105. The van der Waals surface area contributed by atoms with E-state index in [9.17, 15) is 14.7 Å². The molecule has 5 N–H and O–H groups in total. The Balaban J connectivity index is 2.57. The van der Waals surface area contributed by atoms with Gasteiger partial charge in [-0.2, -0.15) is 0 Å². The first-order valence-corrected chi connectivity index (χ1v) is 6.98. The fraction of sp³-hybridized carbons (Fsp3) is 0.500. The number of carbonyl (C=O) groups excluding carboxylic acids is 1. The fourth-order valence-corrected chi connectivity index (χ4v) is 1.60. The van der Waals surface area contributed by atoms with Gasteiger partial charge in [0.25, 0.3) is 0 Å². The number of amides is 1. The Bertz CT molecular complexity index is 509. The fourth-order valence-electron chi connectivity index (χ4n) is 1.60. The molecule has 1 aromatic rings. The number of aromatic nitrogens is 1. The maximum atomic E-state index is 11.4. The number of carbonyl (C=O) groups is 2. The Labute approximate surface area is 128 Å². The molecule has 0 spiro atoms. The average Bonchev–Trinajstić information content (AvgIpc) is 2.52. The summed E-state index contributed by atoms with van der Waals surface area (Å²) < 4.78 is 4.93. The van der Waals surface area contributed by atoms with Gasteiger partial charge in [-0.25, -0.2) is 4.79 Å². The van der Waals surface area contributed by atoms with E-state index in [4.69, 9.17) is 15.6 Å². The number of nitrogens with zero attached hydrogens (tertiary/aromatic N) is 1. The van der Waals surface area contributed by atoms with Gasteiger partial charge < -0.3 is 26.0 Å². The van der Waals surface area contributed by atoms with Crippen LogP contribution in [0.5, 0.6) is 0 Å². The Morgan fingerprint density at radius 3 is 2.82 bits per heavy atom. The van der Waals surface area contributed by atoms with E-state index in [0.29, 0.717) is 12.3 Å². The maximum Gasteiger partial charge on any atom is 0.407 e. The molecule has 0 aliphatic rings. The zero-order valence-electron chi connectivity index (χ0n) is 12.4. The second kappa shape index (κ2) is 8.96. The van der Waals surface area contributed by atoms with Crippen LogP contribution >= 0.6 is 0 Å². The first-order valence-electron chi connectivity index (χ1n) is 6.98. The van der Waals surface area contributed by atoms with Crippen LogP contribution in [0.4, 0.5) is 4.79 Å². The molecule has 8 heteroatoms. The molecule has 1 amide bonds. The molecule has 0 saturated carbocycles. The molecule has 0 aliphatic carbocycles. The van der Waals surface area contributed by atoms with Crippen LogP contribution in [0, 0.1) is 0 Å². The monoisotopic (exact) mass is 311 g/mol. The van der Waals surface area contributed by atoms with Gasteiger partial charge in [-0.1, -0.05) is 19.4 Å². The SMILES string of the molecule is CCCCOC(=O)NCc1cccc(C(O)C(N)C(=O)O)n1. The van der Waals surface area contributed by atoms with Gasteiger partial charge in [0.2, 0.25) is 0 Å². The Kier molecular flexibility index (Phi) is 7.27. The number of aliphatic carboxylic acids is 1. The van der Waals surface area contributed by atoms with Gasteiger partial charge in [-0.05, 0) is 18.6 Å². The van der Waals surface area contributed by atoms with Gasteiger partial charge in [0, 0.05) is 0 Å². The van der Waals surface area contributed by atoms with Crippen LogP contribution in [0.3, 0.4) is 0 Å². The summed E-state index contributed by atoms with van der Waals surface area (Å²) in [6.45, 7) is 2.44. The number of aliphatic hydroxyl groups is 1. The van der Waals surface area contributed by atoms with Crippen LogP contribution in [0.15, 0.2) is 18.2 Å². The van der Waals surface area contributed by atoms with Crippen molar-refractivity contribution in [2.45, 2.75) is 38.5 Å². The molecule has 0 aromatic carbocycles. The summed E-state index contributed by atoms with van der Waals surface area (Å²) in [5.41, 5.74) is 5.95. The molecule has 2 unspecified atom stereocenters. The molecule has 0 saturated heterocycles. The smallest absolute Gasteiger partial charge is 0.407 e. The third-order valence-corrected chi connectivity index (χ3v) is 2.90. The van der Waals surface area contributed by atoms with E-state index in [1.54, 1.807) is 12.1 Å². The number of rotatable bonds is 8. The second-order valence-corrected chi connectivity index (χ2v) is 4.71. The molecule has 1 heterocycles. The largest absolute Gasteiger partial charge is 0.480 e. The first-order chi connectivity index (χ1) is 10.5. The van der Waals surface area contributed by atoms with E-state index in [2.05, 4.69) is 10.3 Å². The van der Waals surface area contributed by atoms with Crippen LogP contribution < -0.4 is 11.1 Å². The third-order valence-electron chi connectivity index (χ3n) is 2.90. The van der Waals surface area contributed by atoms with Crippen LogP contribution in [0.1, 0.15) is 37.3 Å². The predicted molar refractivity (Wildman–Crippen MR) is 77.9 cm³/mol. The molecule has 122 valence electrons. The summed E-state index contributed by atoms with van der Waals surface area (Å²) in [4.78, 5) is 26.2. The topological polar surface area (TPSA) is 135 Å². The van der Waals surface area contributed by atoms with Gasteiger partial charge in [-0.3, -0.25) is 9.78 Å². The summed E-state index contributed by atoms with van der Waals surface area (Å²) in [5.74, 6) is -1.32. The first kappa shape index (κ1) is 17.9. The van der Waals surface area contributed by atoms with E-state index in [1.807, 2.05) is 6.92 Å². The van der Waals surface area contributed by atoms with E-state index in [0.717, 1.165) is 12.8 Å². The van der Waals surface area contributed by atoms with Crippen molar-refractivity contribution in [1.29, 1.82) is 0 Å². The number of ether oxygens (including phenoxy) is 1. The standard InChI is InChI=1S/C14H21N3O5/c1-2-3-7-22-14(21)16-8-9-5-4-6-10(17-9)12(18)11(15)13(19)20/h4-6,11-12,18H,2-3,7-8,15H2,1H3,(H,16,21)(H,19,20). The van der Waals surface area contributed by atoms with Gasteiger partial charge in [0.05, 0.1) is 24.5 Å². The van der Waals surface area contributed by atoms with Crippen LogP contribution in [-0.2, 0) is 16.1 Å². The van der Waals surface area contributed by atoms with E-state index in [1.165, 1.54) is 6.07 Å². The number of carboxylic acid groups (broad SMARTS) is 1. The van der Waals surface area contributed by atoms with Crippen molar-refractivity contribution in [2.75, 3.05) is 6.61 Å². The van der Waals surface area contributed by atoms with Crippen molar-refractivity contribution < 1.29 is 24.5 Å². The Morgan fingerprint density at radius 1 is 1.45 bits per heavy atom. The lowest BCUT2D eigenvalue weighted by atomic mass is 10.1.